The highest BCUT2D eigenvalue weighted by atomic mass is 16.5. The Kier molecular flexibility index (Phi) is 3.70. The van der Waals surface area contributed by atoms with Crippen molar-refractivity contribution in [1.29, 1.82) is 0 Å². The molecule has 0 atom stereocenters. The smallest absolute Gasteiger partial charge is 0.242 e. The summed E-state index contributed by atoms with van der Waals surface area (Å²) >= 11 is 0. The summed E-state index contributed by atoms with van der Waals surface area (Å²) in [7, 11) is 0. The third kappa shape index (κ3) is 3.42. The molecule has 0 unspecified atom stereocenters. The molecule has 13 heavy (non-hydrogen) atoms. The summed E-state index contributed by atoms with van der Waals surface area (Å²) in [5, 5.41) is 2.47. The van der Waals surface area contributed by atoms with Gasteiger partial charge in [0.1, 0.15) is 0 Å². The highest BCUT2D eigenvalue weighted by Crippen LogP contribution is 1.96. The van der Waals surface area contributed by atoms with E-state index >= 15 is 0 Å². The van der Waals surface area contributed by atoms with E-state index < -0.39 is 0 Å². The van der Waals surface area contributed by atoms with Gasteiger partial charge in [0.25, 0.3) is 0 Å². The van der Waals surface area contributed by atoms with Crippen LogP contribution in [0.5, 0.6) is 0 Å². The van der Waals surface area contributed by atoms with Crippen molar-refractivity contribution in [2.24, 2.45) is 0 Å². The topological polar surface area (TPSA) is 58.6 Å². The normalized spacial score (nSPS) is 16.8. The lowest BCUT2D eigenvalue weighted by Gasteiger charge is -2.26. The van der Waals surface area contributed by atoms with Crippen molar-refractivity contribution in [3.63, 3.8) is 0 Å². The van der Waals surface area contributed by atoms with Crippen LogP contribution >= 0.6 is 0 Å². The summed E-state index contributed by atoms with van der Waals surface area (Å²) in [4.78, 5) is 23.6. The minimum absolute atomic E-state index is 0.0431. The number of hydrogen-bond acceptors (Lipinski definition) is 3. The number of rotatable bonds is 2. The van der Waals surface area contributed by atoms with Crippen molar-refractivity contribution in [2.75, 3.05) is 32.8 Å². The minimum Gasteiger partial charge on any atom is -0.378 e. The molecule has 5 heteroatoms. The number of carbonyl (C=O) groups excluding carboxylic acids is 2. The van der Waals surface area contributed by atoms with Crippen LogP contribution in [0.4, 0.5) is 0 Å². The molecule has 0 aromatic carbocycles. The van der Waals surface area contributed by atoms with E-state index in [1.807, 2.05) is 0 Å². The molecule has 0 radical (unpaired) electrons. The van der Waals surface area contributed by atoms with Gasteiger partial charge in [-0.05, 0) is 0 Å². The number of hydrogen-bond donors (Lipinski definition) is 1. The van der Waals surface area contributed by atoms with Crippen molar-refractivity contribution in [3.05, 3.63) is 0 Å². The Morgan fingerprint density at radius 3 is 2.54 bits per heavy atom. The molecule has 1 aliphatic rings. The largest absolute Gasteiger partial charge is 0.378 e. The zero-order chi connectivity index (χ0) is 9.68. The van der Waals surface area contributed by atoms with Crippen LogP contribution in [0.1, 0.15) is 6.92 Å². The van der Waals surface area contributed by atoms with E-state index in [-0.39, 0.29) is 18.4 Å². The molecule has 1 heterocycles. The van der Waals surface area contributed by atoms with Crippen LogP contribution in [-0.2, 0) is 14.3 Å². The van der Waals surface area contributed by atoms with Crippen LogP contribution in [-0.4, -0.2) is 49.6 Å². The lowest BCUT2D eigenvalue weighted by atomic mass is 10.4. The second kappa shape index (κ2) is 4.81. The van der Waals surface area contributed by atoms with Gasteiger partial charge in [0, 0.05) is 20.0 Å². The summed E-state index contributed by atoms with van der Waals surface area (Å²) in [6.45, 7) is 3.91. The van der Waals surface area contributed by atoms with Crippen LogP contribution in [0.25, 0.3) is 0 Å². The van der Waals surface area contributed by atoms with Gasteiger partial charge in [0.15, 0.2) is 0 Å². The molecule has 0 bridgehead atoms. The van der Waals surface area contributed by atoms with Crippen molar-refractivity contribution in [2.45, 2.75) is 6.92 Å². The monoisotopic (exact) mass is 186 g/mol. The second-order valence-corrected chi connectivity index (χ2v) is 2.90. The van der Waals surface area contributed by atoms with Crippen LogP contribution in [0, 0.1) is 0 Å². The molecule has 5 nitrogen and oxygen atoms in total. The molecule has 0 aliphatic carbocycles. The van der Waals surface area contributed by atoms with Crippen LogP contribution in [0.15, 0.2) is 0 Å². The van der Waals surface area contributed by atoms with Gasteiger partial charge in [-0.1, -0.05) is 0 Å². The van der Waals surface area contributed by atoms with Gasteiger partial charge in [-0.3, -0.25) is 9.59 Å². The van der Waals surface area contributed by atoms with E-state index in [1.165, 1.54) is 6.92 Å². The van der Waals surface area contributed by atoms with Crippen LogP contribution in [0.3, 0.4) is 0 Å². The predicted octanol–water partition coefficient (Wildman–Crippen LogP) is -1.02. The summed E-state index contributed by atoms with van der Waals surface area (Å²) in [6.07, 6.45) is 0. The average molecular weight is 186 g/mol. The lowest BCUT2D eigenvalue weighted by Crippen LogP contribution is -2.45. The van der Waals surface area contributed by atoms with Crippen molar-refractivity contribution in [3.8, 4) is 0 Å². The molecule has 74 valence electrons. The third-order valence-corrected chi connectivity index (χ3v) is 1.85. The van der Waals surface area contributed by atoms with Crippen LogP contribution in [0.2, 0.25) is 0 Å². The fourth-order valence-electron chi connectivity index (χ4n) is 1.12. The van der Waals surface area contributed by atoms with Gasteiger partial charge in [0.05, 0.1) is 19.8 Å². The fraction of sp³-hybridized carbons (Fsp3) is 0.750. The number of nitrogens with zero attached hydrogens (tertiary/aromatic N) is 1. The van der Waals surface area contributed by atoms with E-state index in [2.05, 4.69) is 5.32 Å². The summed E-state index contributed by atoms with van der Waals surface area (Å²) < 4.78 is 5.09. The van der Waals surface area contributed by atoms with Gasteiger partial charge in [-0.2, -0.15) is 0 Å². The van der Waals surface area contributed by atoms with E-state index in [4.69, 9.17) is 4.74 Å². The van der Waals surface area contributed by atoms with Crippen molar-refractivity contribution in [1.82, 2.24) is 10.2 Å². The first kappa shape index (κ1) is 9.98. The maximum absolute atomic E-state index is 11.4. The molecule has 1 saturated heterocycles. The Bertz CT molecular complexity index is 200. The Morgan fingerprint density at radius 1 is 1.38 bits per heavy atom. The van der Waals surface area contributed by atoms with Crippen molar-refractivity contribution >= 4 is 11.8 Å². The molecule has 0 aromatic heterocycles. The molecule has 1 rings (SSSR count). The zero-order valence-corrected chi connectivity index (χ0v) is 7.71. The van der Waals surface area contributed by atoms with Crippen molar-refractivity contribution < 1.29 is 14.3 Å². The van der Waals surface area contributed by atoms with Gasteiger partial charge >= 0.3 is 0 Å². The van der Waals surface area contributed by atoms with Gasteiger partial charge in [0.2, 0.25) is 11.8 Å². The number of nitrogens with one attached hydrogen (secondary N) is 1. The van der Waals surface area contributed by atoms with E-state index in [9.17, 15) is 9.59 Å². The molecule has 0 spiro atoms. The maximum atomic E-state index is 11.4. The highest BCUT2D eigenvalue weighted by molar-refractivity contribution is 5.83. The first-order valence-electron chi connectivity index (χ1n) is 4.30. The van der Waals surface area contributed by atoms with Gasteiger partial charge < -0.3 is 15.0 Å². The van der Waals surface area contributed by atoms with Crippen LogP contribution < -0.4 is 5.32 Å². The first-order valence-corrected chi connectivity index (χ1v) is 4.30. The second-order valence-electron chi connectivity index (χ2n) is 2.90. The number of carbonyl (C=O) groups is 2. The van der Waals surface area contributed by atoms with E-state index in [0.717, 1.165) is 0 Å². The Labute approximate surface area is 77.0 Å². The Morgan fingerprint density at radius 2 is 2.00 bits per heavy atom. The maximum Gasteiger partial charge on any atom is 0.242 e. The molecule has 0 aromatic rings. The highest BCUT2D eigenvalue weighted by Gasteiger charge is 2.16. The van der Waals surface area contributed by atoms with Gasteiger partial charge in [-0.15, -0.1) is 0 Å². The summed E-state index contributed by atoms with van der Waals surface area (Å²) in [5.41, 5.74) is 0. The molecule has 0 saturated carbocycles. The molecule has 2 amide bonds. The predicted molar refractivity (Wildman–Crippen MR) is 46.1 cm³/mol. The Balaban J connectivity index is 2.25. The standard InChI is InChI=1S/C8H14N2O3/c1-7(11)9-6-8(12)10-2-4-13-5-3-10/h2-6H2,1H3,(H,9,11). The summed E-state index contributed by atoms with van der Waals surface area (Å²) in [5.74, 6) is -0.222. The number of ether oxygens (including phenoxy) is 1. The quantitative estimate of drug-likeness (QED) is 0.600. The average Bonchev–Trinajstić information content (AvgIpc) is 2.15. The SMILES string of the molecule is CC(=O)NCC(=O)N1CCOCC1. The molecular formula is C8H14N2O3. The molecule has 1 fully saturated rings. The zero-order valence-electron chi connectivity index (χ0n) is 7.71. The fourth-order valence-corrected chi connectivity index (χ4v) is 1.12. The molecular weight excluding hydrogens is 172 g/mol. The van der Waals surface area contributed by atoms with E-state index in [1.54, 1.807) is 4.90 Å². The van der Waals surface area contributed by atoms with Gasteiger partial charge in [-0.25, -0.2) is 0 Å². The Hall–Kier alpha value is -1.10. The molecule has 1 N–H and O–H groups in total. The lowest BCUT2D eigenvalue weighted by molar-refractivity contribution is -0.135. The number of morpholine rings is 1. The summed E-state index contributed by atoms with van der Waals surface area (Å²) in [6, 6.07) is 0. The number of amides is 2. The first-order chi connectivity index (χ1) is 6.20. The minimum atomic E-state index is -0.179. The molecule has 1 aliphatic heterocycles. The van der Waals surface area contributed by atoms with E-state index in [0.29, 0.717) is 26.3 Å². The third-order valence-electron chi connectivity index (χ3n) is 1.85.